The van der Waals surface area contributed by atoms with E-state index in [0.29, 0.717) is 11.3 Å². The first-order chi connectivity index (χ1) is 13.9. The van der Waals surface area contributed by atoms with E-state index < -0.39 is 24.4 Å². The second-order valence-corrected chi connectivity index (χ2v) is 5.91. The van der Waals surface area contributed by atoms with Crippen LogP contribution >= 0.6 is 0 Å². The van der Waals surface area contributed by atoms with E-state index in [0.717, 1.165) is 5.01 Å². The maximum Gasteiger partial charge on any atom is 0.341 e. The molecule has 1 fully saturated rings. The molecule has 2 aromatic rings. The Bertz CT molecular complexity index is 961. The molecule has 1 heterocycles. The van der Waals surface area contributed by atoms with Crippen LogP contribution in [-0.4, -0.2) is 43.7 Å². The lowest BCUT2D eigenvalue weighted by Crippen LogP contribution is -2.35. The van der Waals surface area contributed by atoms with Gasteiger partial charge in [-0.1, -0.05) is 18.2 Å². The molecule has 0 saturated carbocycles. The first-order valence-electron chi connectivity index (χ1n) is 8.47. The molecule has 1 aliphatic rings. The topological polar surface area (TPSA) is 114 Å². The average Bonchev–Trinajstić information content (AvgIpc) is 3.00. The van der Waals surface area contributed by atoms with E-state index in [1.807, 2.05) is 0 Å². The molecule has 150 valence electrons. The van der Waals surface area contributed by atoms with Gasteiger partial charge in [-0.2, -0.15) is 0 Å². The van der Waals surface area contributed by atoms with Gasteiger partial charge in [-0.15, -0.1) is 0 Å². The number of carboxylic acids is 1. The van der Waals surface area contributed by atoms with Gasteiger partial charge in [-0.05, 0) is 35.9 Å². The minimum atomic E-state index is -1.16. The highest BCUT2D eigenvalue weighted by Crippen LogP contribution is 2.39. The third-order valence-corrected chi connectivity index (χ3v) is 4.04. The number of nitrogens with one attached hydrogen (secondary N) is 1. The summed E-state index contributed by atoms with van der Waals surface area (Å²) in [6, 6.07) is 11.7. The van der Waals surface area contributed by atoms with Crippen LogP contribution in [0.25, 0.3) is 6.08 Å². The van der Waals surface area contributed by atoms with Crippen molar-refractivity contribution in [2.75, 3.05) is 25.8 Å². The van der Waals surface area contributed by atoms with Gasteiger partial charge in [0.25, 0.3) is 11.8 Å². The second kappa shape index (κ2) is 8.34. The lowest BCUT2D eigenvalue weighted by Gasteiger charge is -2.14. The van der Waals surface area contributed by atoms with Crippen LogP contribution in [0.4, 0.5) is 5.69 Å². The molecule has 1 aliphatic heterocycles. The van der Waals surface area contributed by atoms with E-state index in [-0.39, 0.29) is 22.8 Å². The van der Waals surface area contributed by atoms with Crippen LogP contribution in [0.15, 0.2) is 48.0 Å². The summed E-state index contributed by atoms with van der Waals surface area (Å²) in [6.07, 6.45) is 1.40. The Morgan fingerprint density at radius 2 is 1.72 bits per heavy atom. The normalized spacial score (nSPS) is 14.7. The fourth-order valence-corrected chi connectivity index (χ4v) is 2.74. The van der Waals surface area contributed by atoms with Gasteiger partial charge in [0.2, 0.25) is 5.75 Å². The molecule has 3 rings (SSSR count). The SMILES string of the molecule is COc1cc(C=C2C(=O)NN(c3ccccc3)C2=O)cc(OC)c1OCC(=O)O. The van der Waals surface area contributed by atoms with Gasteiger partial charge >= 0.3 is 5.97 Å². The second-order valence-electron chi connectivity index (χ2n) is 5.91. The van der Waals surface area contributed by atoms with Crippen LogP contribution in [0.2, 0.25) is 0 Å². The summed E-state index contributed by atoms with van der Waals surface area (Å²) < 4.78 is 15.7. The van der Waals surface area contributed by atoms with Crippen LogP contribution < -0.4 is 24.6 Å². The molecule has 2 aromatic carbocycles. The zero-order chi connectivity index (χ0) is 21.0. The molecule has 2 N–H and O–H groups in total. The third kappa shape index (κ3) is 4.13. The molecule has 1 saturated heterocycles. The first-order valence-corrected chi connectivity index (χ1v) is 8.47. The van der Waals surface area contributed by atoms with Crippen molar-refractivity contribution in [2.24, 2.45) is 0 Å². The minimum absolute atomic E-state index is 0.0721. The number of hydrogen-bond donors (Lipinski definition) is 2. The molecule has 2 amide bonds. The quantitative estimate of drug-likeness (QED) is 0.538. The molecule has 0 unspecified atom stereocenters. The number of nitrogens with zero attached hydrogens (tertiary/aromatic N) is 1. The molecule has 0 atom stereocenters. The smallest absolute Gasteiger partial charge is 0.341 e. The minimum Gasteiger partial charge on any atom is -0.493 e. The number of aliphatic carboxylic acids is 1. The number of carbonyl (C=O) groups excluding carboxylic acids is 2. The predicted octanol–water partition coefficient (Wildman–Crippen LogP) is 1.63. The molecule has 0 aliphatic carbocycles. The van der Waals surface area contributed by atoms with Crippen LogP contribution in [0, 0.1) is 0 Å². The van der Waals surface area contributed by atoms with Gasteiger partial charge in [0.15, 0.2) is 18.1 Å². The van der Waals surface area contributed by atoms with Crippen molar-refractivity contribution in [3.63, 3.8) is 0 Å². The van der Waals surface area contributed by atoms with E-state index in [1.54, 1.807) is 30.3 Å². The largest absolute Gasteiger partial charge is 0.493 e. The number of hydrazine groups is 1. The highest BCUT2D eigenvalue weighted by molar-refractivity contribution is 6.31. The highest BCUT2D eigenvalue weighted by Gasteiger charge is 2.34. The molecule has 0 radical (unpaired) electrons. The molecular weight excluding hydrogens is 380 g/mol. The van der Waals surface area contributed by atoms with Crippen LogP contribution in [0.5, 0.6) is 17.2 Å². The van der Waals surface area contributed by atoms with Crippen molar-refractivity contribution in [3.05, 3.63) is 53.6 Å². The molecule has 0 aromatic heterocycles. The third-order valence-electron chi connectivity index (χ3n) is 4.04. The zero-order valence-electron chi connectivity index (χ0n) is 15.7. The van der Waals surface area contributed by atoms with Gasteiger partial charge < -0.3 is 19.3 Å². The number of methoxy groups -OCH3 is 2. The molecule has 0 spiro atoms. The number of ether oxygens (including phenoxy) is 3. The fourth-order valence-electron chi connectivity index (χ4n) is 2.74. The Kier molecular flexibility index (Phi) is 5.68. The number of hydrogen-bond acceptors (Lipinski definition) is 6. The van der Waals surface area contributed by atoms with Crippen molar-refractivity contribution < 1.29 is 33.7 Å². The summed E-state index contributed by atoms with van der Waals surface area (Å²) in [4.78, 5) is 35.8. The van der Waals surface area contributed by atoms with E-state index in [4.69, 9.17) is 19.3 Å². The van der Waals surface area contributed by atoms with Gasteiger partial charge in [-0.3, -0.25) is 15.0 Å². The molecule has 9 heteroatoms. The van der Waals surface area contributed by atoms with Crippen molar-refractivity contribution in [3.8, 4) is 17.2 Å². The predicted molar refractivity (Wildman–Crippen MR) is 103 cm³/mol. The molecule has 0 bridgehead atoms. The Hall–Kier alpha value is -4.01. The Labute approximate surface area is 166 Å². The number of anilines is 1. The maximum absolute atomic E-state index is 12.7. The lowest BCUT2D eigenvalue weighted by atomic mass is 10.1. The van der Waals surface area contributed by atoms with E-state index in [1.165, 1.54) is 32.4 Å². The van der Waals surface area contributed by atoms with Crippen LogP contribution in [-0.2, 0) is 14.4 Å². The van der Waals surface area contributed by atoms with E-state index in [2.05, 4.69) is 5.43 Å². The summed E-state index contributed by atoms with van der Waals surface area (Å²) in [5.74, 6) is -1.72. The number of benzene rings is 2. The van der Waals surface area contributed by atoms with Crippen LogP contribution in [0.3, 0.4) is 0 Å². The first kappa shape index (κ1) is 19.7. The molecule has 29 heavy (non-hydrogen) atoms. The van der Waals surface area contributed by atoms with E-state index in [9.17, 15) is 14.4 Å². The Morgan fingerprint density at radius 3 is 2.28 bits per heavy atom. The zero-order valence-corrected chi connectivity index (χ0v) is 15.7. The number of carbonyl (C=O) groups is 3. The van der Waals surface area contributed by atoms with Crippen molar-refractivity contribution in [1.29, 1.82) is 0 Å². The summed E-state index contributed by atoms with van der Waals surface area (Å²) in [6.45, 7) is -0.583. The van der Waals surface area contributed by atoms with Gasteiger partial charge in [0.05, 0.1) is 19.9 Å². The molecular formula is C20H18N2O7. The Balaban J connectivity index is 1.96. The van der Waals surface area contributed by atoms with Crippen molar-refractivity contribution in [2.45, 2.75) is 0 Å². The van der Waals surface area contributed by atoms with Gasteiger partial charge in [-0.25, -0.2) is 9.80 Å². The maximum atomic E-state index is 12.7. The monoisotopic (exact) mass is 398 g/mol. The number of carboxylic acid groups (broad SMARTS) is 1. The standard InChI is InChI=1S/C20H18N2O7/c1-27-15-9-12(10-16(28-2)18(15)29-11-17(23)24)8-14-19(25)21-22(20(14)26)13-6-4-3-5-7-13/h3-10H,11H2,1-2H3,(H,21,25)(H,23,24). The summed E-state index contributed by atoms with van der Waals surface area (Å²) in [5.41, 5.74) is 3.41. The average molecular weight is 398 g/mol. The number of amides is 2. The Morgan fingerprint density at radius 1 is 1.10 bits per heavy atom. The number of para-hydroxylation sites is 1. The lowest BCUT2D eigenvalue weighted by molar-refractivity contribution is -0.139. The van der Waals surface area contributed by atoms with Gasteiger partial charge in [0, 0.05) is 0 Å². The van der Waals surface area contributed by atoms with Crippen molar-refractivity contribution >= 4 is 29.5 Å². The fraction of sp³-hybridized carbons (Fsp3) is 0.150. The summed E-state index contributed by atoms with van der Waals surface area (Å²) in [7, 11) is 2.76. The van der Waals surface area contributed by atoms with Crippen molar-refractivity contribution in [1.82, 2.24) is 5.43 Å². The summed E-state index contributed by atoms with van der Waals surface area (Å²) >= 11 is 0. The van der Waals surface area contributed by atoms with E-state index >= 15 is 0 Å². The molecule has 9 nitrogen and oxygen atoms in total. The summed E-state index contributed by atoms with van der Waals surface area (Å²) in [5, 5.41) is 9.98. The highest BCUT2D eigenvalue weighted by atomic mass is 16.5. The number of rotatable bonds is 7. The van der Waals surface area contributed by atoms with Gasteiger partial charge in [0.1, 0.15) is 5.57 Å². The van der Waals surface area contributed by atoms with Crippen LogP contribution in [0.1, 0.15) is 5.56 Å².